The Balaban J connectivity index is 2.17. The predicted molar refractivity (Wildman–Crippen MR) is 103 cm³/mol. The molecule has 156 valence electrons. The van der Waals surface area contributed by atoms with Crippen LogP contribution in [0.5, 0.6) is 5.75 Å². The van der Waals surface area contributed by atoms with Gasteiger partial charge in [-0.3, -0.25) is 9.59 Å². The third-order valence-electron chi connectivity index (χ3n) is 4.37. The molecule has 0 bridgehead atoms. The van der Waals surface area contributed by atoms with E-state index >= 15 is 0 Å². The second-order valence-electron chi connectivity index (χ2n) is 6.60. The van der Waals surface area contributed by atoms with Gasteiger partial charge in [-0.25, -0.2) is 9.59 Å². The third kappa shape index (κ3) is 5.81. The van der Waals surface area contributed by atoms with Crippen LogP contribution in [-0.4, -0.2) is 40.7 Å². The van der Waals surface area contributed by atoms with Crippen molar-refractivity contribution in [2.75, 3.05) is 6.61 Å². The predicted octanol–water partition coefficient (Wildman–Crippen LogP) is 1.87. The molecule has 1 aromatic carbocycles. The lowest BCUT2D eigenvalue weighted by Crippen LogP contribution is -2.44. The molecule has 29 heavy (non-hydrogen) atoms. The summed E-state index contributed by atoms with van der Waals surface area (Å²) < 4.78 is 10.8. The van der Waals surface area contributed by atoms with Crippen molar-refractivity contribution in [2.24, 2.45) is 0 Å². The number of hydrogen-bond donors (Lipinski definition) is 3. The van der Waals surface area contributed by atoms with E-state index in [4.69, 9.17) is 19.4 Å². The molecular weight excluding hydrogens is 382 g/mol. The first kappa shape index (κ1) is 21.9. The molecule has 1 atom stereocenters. The van der Waals surface area contributed by atoms with Crippen molar-refractivity contribution in [1.82, 2.24) is 5.32 Å². The van der Waals surface area contributed by atoms with Gasteiger partial charge in [-0.1, -0.05) is 13.3 Å². The van der Waals surface area contributed by atoms with Crippen molar-refractivity contribution in [3.05, 3.63) is 39.7 Å². The molecule has 0 spiro atoms. The van der Waals surface area contributed by atoms with Crippen LogP contribution in [0.15, 0.2) is 27.4 Å². The summed E-state index contributed by atoms with van der Waals surface area (Å²) >= 11 is 0. The Bertz CT molecular complexity index is 978. The molecule has 0 fully saturated rings. The summed E-state index contributed by atoms with van der Waals surface area (Å²) in [5.41, 5.74) is 1.31. The van der Waals surface area contributed by atoms with Crippen molar-refractivity contribution in [2.45, 2.75) is 45.6 Å². The fourth-order valence-electron chi connectivity index (χ4n) is 2.89. The molecule has 9 heteroatoms. The average Bonchev–Trinajstić information content (AvgIpc) is 2.65. The standard InChI is InChI=1S/C20H23NO8/c1-3-4-5-12-8-18(25)29-19-11(2)15(7-6-13(12)19)28-10-16(22)21-14(20(26)27)9-17(23)24/h6-8,14H,3-5,9-10H2,1-2H3,(H,21,22)(H,23,24)(H,26,27). The smallest absolute Gasteiger partial charge is 0.336 e. The minimum Gasteiger partial charge on any atom is -0.483 e. The molecule has 0 saturated heterocycles. The number of amides is 1. The highest BCUT2D eigenvalue weighted by Crippen LogP contribution is 2.29. The molecule has 3 N–H and O–H groups in total. The highest BCUT2D eigenvalue weighted by atomic mass is 16.5. The van der Waals surface area contributed by atoms with Gasteiger partial charge >= 0.3 is 17.6 Å². The van der Waals surface area contributed by atoms with Crippen LogP contribution in [0.1, 0.15) is 37.3 Å². The van der Waals surface area contributed by atoms with Crippen LogP contribution in [0.3, 0.4) is 0 Å². The van der Waals surface area contributed by atoms with Crippen LogP contribution in [0.2, 0.25) is 0 Å². The number of carboxylic acids is 2. The molecule has 1 aromatic heterocycles. The van der Waals surface area contributed by atoms with Crippen LogP contribution in [0, 0.1) is 6.92 Å². The molecule has 0 aliphatic heterocycles. The second-order valence-corrected chi connectivity index (χ2v) is 6.60. The first-order valence-corrected chi connectivity index (χ1v) is 9.16. The Morgan fingerprint density at radius 2 is 1.97 bits per heavy atom. The summed E-state index contributed by atoms with van der Waals surface area (Å²) in [7, 11) is 0. The summed E-state index contributed by atoms with van der Waals surface area (Å²) in [5, 5.41) is 20.6. The largest absolute Gasteiger partial charge is 0.483 e. The molecule has 9 nitrogen and oxygen atoms in total. The van der Waals surface area contributed by atoms with Crippen molar-refractivity contribution in [3.8, 4) is 5.75 Å². The van der Waals surface area contributed by atoms with Gasteiger partial charge in [0.05, 0.1) is 6.42 Å². The number of ether oxygens (including phenoxy) is 1. The average molecular weight is 405 g/mol. The van der Waals surface area contributed by atoms with E-state index in [1.807, 2.05) is 0 Å². The lowest BCUT2D eigenvalue weighted by Gasteiger charge is -2.14. The Morgan fingerprint density at radius 3 is 2.59 bits per heavy atom. The third-order valence-corrected chi connectivity index (χ3v) is 4.37. The van der Waals surface area contributed by atoms with Gasteiger partial charge in [-0.05, 0) is 37.5 Å². The Hall–Kier alpha value is -3.36. The molecule has 1 heterocycles. The van der Waals surface area contributed by atoms with Gasteiger partial charge < -0.3 is 24.7 Å². The van der Waals surface area contributed by atoms with Gasteiger partial charge in [-0.15, -0.1) is 0 Å². The van der Waals surface area contributed by atoms with Crippen LogP contribution >= 0.6 is 0 Å². The maximum atomic E-state index is 11.9. The molecule has 0 aliphatic rings. The quantitative estimate of drug-likeness (QED) is 0.508. The normalized spacial score (nSPS) is 11.8. The summed E-state index contributed by atoms with van der Waals surface area (Å²) in [5.74, 6) is -3.29. The molecule has 2 aromatic rings. The summed E-state index contributed by atoms with van der Waals surface area (Å²) in [6.45, 7) is 3.23. The van der Waals surface area contributed by atoms with Gasteiger partial charge in [0, 0.05) is 17.0 Å². The number of benzene rings is 1. The fourth-order valence-corrected chi connectivity index (χ4v) is 2.89. The van der Waals surface area contributed by atoms with Crippen LogP contribution < -0.4 is 15.7 Å². The van der Waals surface area contributed by atoms with E-state index in [-0.39, 0.29) is 0 Å². The van der Waals surface area contributed by atoms with E-state index < -0.39 is 42.5 Å². The zero-order chi connectivity index (χ0) is 21.6. The van der Waals surface area contributed by atoms with Crippen molar-refractivity contribution in [1.29, 1.82) is 0 Å². The monoisotopic (exact) mass is 405 g/mol. The zero-order valence-corrected chi connectivity index (χ0v) is 16.2. The molecule has 1 unspecified atom stereocenters. The fraction of sp³-hybridized carbons (Fsp3) is 0.400. The molecule has 0 saturated carbocycles. The topological polar surface area (TPSA) is 143 Å². The summed E-state index contributed by atoms with van der Waals surface area (Å²) in [4.78, 5) is 45.5. The van der Waals surface area contributed by atoms with Crippen LogP contribution in [0.25, 0.3) is 11.0 Å². The maximum absolute atomic E-state index is 11.9. The number of fused-ring (bicyclic) bond motifs is 1. The van der Waals surface area contributed by atoms with Gasteiger partial charge in [0.15, 0.2) is 6.61 Å². The van der Waals surface area contributed by atoms with Crippen molar-refractivity contribution in [3.63, 3.8) is 0 Å². The van der Waals surface area contributed by atoms with E-state index in [0.29, 0.717) is 16.9 Å². The summed E-state index contributed by atoms with van der Waals surface area (Å²) in [6.07, 6.45) is 1.90. The number of hydrogen-bond acceptors (Lipinski definition) is 6. The summed E-state index contributed by atoms with van der Waals surface area (Å²) in [6, 6.07) is 3.31. The first-order chi connectivity index (χ1) is 13.7. The van der Waals surface area contributed by atoms with E-state index in [1.54, 1.807) is 19.1 Å². The van der Waals surface area contributed by atoms with Gasteiger partial charge in [0.25, 0.3) is 5.91 Å². The van der Waals surface area contributed by atoms with Gasteiger partial charge in [-0.2, -0.15) is 0 Å². The molecule has 0 radical (unpaired) electrons. The second kappa shape index (κ2) is 9.72. The number of carbonyl (C=O) groups excluding carboxylic acids is 1. The number of unbranched alkanes of at least 4 members (excludes halogenated alkanes) is 1. The molecule has 1 amide bonds. The van der Waals surface area contributed by atoms with Gasteiger partial charge in [0.2, 0.25) is 0 Å². The number of nitrogens with one attached hydrogen (secondary N) is 1. The zero-order valence-electron chi connectivity index (χ0n) is 16.2. The SMILES string of the molecule is CCCCc1cc(=O)oc2c(C)c(OCC(=O)NC(CC(=O)O)C(=O)O)ccc12. The van der Waals surface area contributed by atoms with Gasteiger partial charge in [0.1, 0.15) is 17.4 Å². The molecule has 0 aliphatic carbocycles. The molecular formula is C20H23NO8. The number of carboxylic acid groups (broad SMARTS) is 2. The minimum absolute atomic E-state index is 0.300. The maximum Gasteiger partial charge on any atom is 0.336 e. The molecule has 2 rings (SSSR count). The van der Waals surface area contributed by atoms with E-state index in [2.05, 4.69) is 12.2 Å². The van der Waals surface area contributed by atoms with E-state index in [0.717, 1.165) is 30.2 Å². The van der Waals surface area contributed by atoms with Crippen molar-refractivity contribution < 1.29 is 33.8 Å². The Kier molecular flexibility index (Phi) is 7.35. The number of rotatable bonds is 10. The van der Waals surface area contributed by atoms with Crippen LogP contribution in [0.4, 0.5) is 0 Å². The highest BCUT2D eigenvalue weighted by molar-refractivity contribution is 5.88. The first-order valence-electron chi connectivity index (χ1n) is 9.16. The lowest BCUT2D eigenvalue weighted by molar-refractivity contribution is -0.147. The Morgan fingerprint density at radius 1 is 1.24 bits per heavy atom. The van der Waals surface area contributed by atoms with E-state index in [1.165, 1.54) is 6.07 Å². The van der Waals surface area contributed by atoms with E-state index in [9.17, 15) is 19.2 Å². The number of aliphatic carboxylic acids is 2. The minimum atomic E-state index is -1.56. The number of carbonyl (C=O) groups is 3. The van der Waals surface area contributed by atoms with Crippen LogP contribution in [-0.2, 0) is 20.8 Å². The van der Waals surface area contributed by atoms with Crippen molar-refractivity contribution >= 4 is 28.8 Å². The Labute approximate surface area is 166 Å². The highest BCUT2D eigenvalue weighted by Gasteiger charge is 2.23. The lowest BCUT2D eigenvalue weighted by atomic mass is 10.0. The number of aryl methyl sites for hydroxylation is 2.